The van der Waals surface area contributed by atoms with Crippen molar-refractivity contribution in [1.82, 2.24) is 9.55 Å². The monoisotopic (exact) mass is 580 g/mol. The topological polar surface area (TPSA) is 116 Å². The maximum absolute atomic E-state index is 12.9. The van der Waals surface area contributed by atoms with Gasteiger partial charge in [0.25, 0.3) is 0 Å². The second kappa shape index (κ2) is 12.9. The standard InChI is InChI=1S/C30H29ClN2O6S/c1-33-20-32-19-29(33)40(37,38)16-15-24-17-22(18-30(35)36)7-14-28(24)39-26-12-8-23(9-13-26)27(34)4-2-3-21-5-10-25(31)11-6-21/h5-14,17,19-20H,2-4,15-16,18H2,1H3,(H,35,36). The maximum atomic E-state index is 12.9. The fourth-order valence-corrected chi connectivity index (χ4v) is 5.82. The number of aryl methyl sites for hydroxylation is 3. The molecule has 40 heavy (non-hydrogen) atoms. The Bertz CT molecular complexity index is 1600. The molecule has 0 saturated heterocycles. The van der Waals surface area contributed by atoms with Gasteiger partial charge in [-0.1, -0.05) is 35.9 Å². The molecule has 4 aromatic rings. The van der Waals surface area contributed by atoms with Crippen molar-refractivity contribution in [3.05, 3.63) is 107 Å². The zero-order valence-electron chi connectivity index (χ0n) is 21.9. The highest BCUT2D eigenvalue weighted by Gasteiger charge is 2.20. The molecule has 0 spiro atoms. The van der Waals surface area contributed by atoms with E-state index >= 15 is 0 Å². The van der Waals surface area contributed by atoms with Gasteiger partial charge in [0.2, 0.25) is 0 Å². The van der Waals surface area contributed by atoms with Gasteiger partial charge in [-0.3, -0.25) is 9.59 Å². The Balaban J connectivity index is 1.43. The summed E-state index contributed by atoms with van der Waals surface area (Å²) in [7, 11) is -2.02. The molecule has 8 nitrogen and oxygen atoms in total. The molecule has 1 N–H and O–H groups in total. The summed E-state index contributed by atoms with van der Waals surface area (Å²) in [6.07, 6.45) is 4.53. The van der Waals surface area contributed by atoms with Crippen molar-refractivity contribution in [2.24, 2.45) is 7.05 Å². The number of halogens is 1. The van der Waals surface area contributed by atoms with Crippen LogP contribution in [0.3, 0.4) is 0 Å². The zero-order chi connectivity index (χ0) is 28.7. The zero-order valence-corrected chi connectivity index (χ0v) is 23.5. The van der Waals surface area contributed by atoms with Crippen LogP contribution in [0.5, 0.6) is 11.5 Å². The number of carbonyl (C=O) groups excluding carboxylic acids is 1. The quantitative estimate of drug-likeness (QED) is 0.201. The second-order valence-electron chi connectivity index (χ2n) is 9.45. The van der Waals surface area contributed by atoms with E-state index in [0.29, 0.717) is 46.1 Å². The van der Waals surface area contributed by atoms with Gasteiger partial charge in [0.05, 0.1) is 24.7 Å². The summed E-state index contributed by atoms with van der Waals surface area (Å²) in [5.41, 5.74) is 2.79. The number of rotatable bonds is 13. The molecule has 0 aliphatic rings. The normalized spacial score (nSPS) is 11.3. The third-order valence-corrected chi connectivity index (χ3v) is 8.42. The number of Topliss-reactive ketones (excluding diaryl/α,β-unsaturated/α-hetero) is 1. The predicted octanol–water partition coefficient (Wildman–Crippen LogP) is 5.71. The van der Waals surface area contributed by atoms with Crippen LogP contribution in [-0.4, -0.2) is 40.6 Å². The number of ketones is 1. The number of aliphatic carboxylic acids is 1. The molecule has 0 aliphatic carbocycles. The minimum atomic E-state index is -3.63. The largest absolute Gasteiger partial charge is 0.481 e. The third-order valence-electron chi connectivity index (χ3n) is 6.40. The first kappa shape index (κ1) is 29.0. The summed E-state index contributed by atoms with van der Waals surface area (Å²) >= 11 is 5.92. The Hall–Kier alpha value is -3.95. The van der Waals surface area contributed by atoms with Gasteiger partial charge in [0, 0.05) is 24.1 Å². The highest BCUT2D eigenvalue weighted by molar-refractivity contribution is 7.91. The molecule has 1 aromatic heterocycles. The molecule has 0 atom stereocenters. The lowest BCUT2D eigenvalue weighted by Crippen LogP contribution is -2.13. The van der Waals surface area contributed by atoms with Crippen LogP contribution in [0.1, 0.15) is 39.9 Å². The highest BCUT2D eigenvalue weighted by Crippen LogP contribution is 2.28. The average molecular weight is 581 g/mol. The number of sulfone groups is 1. The summed E-state index contributed by atoms with van der Waals surface area (Å²) in [6, 6.07) is 19.3. The van der Waals surface area contributed by atoms with Crippen LogP contribution < -0.4 is 4.74 Å². The van der Waals surface area contributed by atoms with Gasteiger partial charge < -0.3 is 14.4 Å². The minimum absolute atomic E-state index is 0.0274. The molecule has 0 saturated carbocycles. The Labute approximate surface area is 238 Å². The second-order valence-corrected chi connectivity index (χ2v) is 11.9. The fraction of sp³-hybridized carbons (Fsp3) is 0.233. The number of imidazole rings is 1. The molecule has 1 heterocycles. The van der Waals surface area contributed by atoms with E-state index < -0.39 is 15.8 Å². The summed E-state index contributed by atoms with van der Waals surface area (Å²) in [5.74, 6) is -0.283. The minimum Gasteiger partial charge on any atom is -0.481 e. The van der Waals surface area contributed by atoms with Gasteiger partial charge in [0.15, 0.2) is 20.6 Å². The first-order valence-corrected chi connectivity index (χ1v) is 14.7. The number of carboxylic acids is 1. The van der Waals surface area contributed by atoms with Crippen LogP contribution in [0.4, 0.5) is 0 Å². The van der Waals surface area contributed by atoms with E-state index in [-0.39, 0.29) is 29.4 Å². The van der Waals surface area contributed by atoms with Crippen molar-refractivity contribution >= 4 is 33.2 Å². The van der Waals surface area contributed by atoms with E-state index in [2.05, 4.69) is 4.98 Å². The number of aromatic nitrogens is 2. The lowest BCUT2D eigenvalue weighted by molar-refractivity contribution is -0.136. The van der Waals surface area contributed by atoms with Crippen LogP contribution >= 0.6 is 11.6 Å². The SMILES string of the molecule is Cn1cncc1S(=O)(=O)CCc1cc(CC(=O)O)ccc1Oc1ccc(C(=O)CCCc2ccc(Cl)cc2)cc1. The Morgan fingerprint density at radius 1 is 0.975 bits per heavy atom. The van der Waals surface area contributed by atoms with E-state index in [0.717, 1.165) is 12.0 Å². The van der Waals surface area contributed by atoms with E-state index in [1.807, 2.05) is 24.3 Å². The fourth-order valence-electron chi connectivity index (χ4n) is 4.29. The van der Waals surface area contributed by atoms with Crippen LogP contribution in [0.15, 0.2) is 84.3 Å². The maximum Gasteiger partial charge on any atom is 0.307 e. The van der Waals surface area contributed by atoms with Gasteiger partial charge in [-0.25, -0.2) is 13.4 Å². The third kappa shape index (κ3) is 7.80. The van der Waals surface area contributed by atoms with Crippen LogP contribution in [0.2, 0.25) is 5.02 Å². The molecular weight excluding hydrogens is 552 g/mol. The van der Waals surface area contributed by atoms with Gasteiger partial charge in [-0.2, -0.15) is 0 Å². The lowest BCUT2D eigenvalue weighted by Gasteiger charge is -2.14. The van der Waals surface area contributed by atoms with Gasteiger partial charge in [0.1, 0.15) is 11.5 Å². The van der Waals surface area contributed by atoms with Crippen LogP contribution in [-0.2, 0) is 40.9 Å². The molecule has 0 unspecified atom stereocenters. The van der Waals surface area contributed by atoms with E-state index in [1.165, 1.54) is 17.1 Å². The molecular formula is C30H29ClN2O6S. The van der Waals surface area contributed by atoms with Crippen LogP contribution in [0.25, 0.3) is 0 Å². The van der Waals surface area contributed by atoms with Crippen LogP contribution in [0, 0.1) is 0 Å². The molecule has 4 rings (SSSR count). The molecule has 0 bridgehead atoms. The number of nitrogens with zero attached hydrogens (tertiary/aromatic N) is 2. The molecule has 3 aromatic carbocycles. The molecule has 0 aliphatic heterocycles. The lowest BCUT2D eigenvalue weighted by atomic mass is 10.0. The first-order chi connectivity index (χ1) is 19.1. The van der Waals surface area contributed by atoms with E-state index in [9.17, 15) is 23.1 Å². The number of benzene rings is 3. The number of hydrogen-bond acceptors (Lipinski definition) is 6. The first-order valence-electron chi connectivity index (χ1n) is 12.7. The van der Waals surface area contributed by atoms with Gasteiger partial charge >= 0.3 is 5.97 Å². The number of carbonyl (C=O) groups is 2. The van der Waals surface area contributed by atoms with E-state index in [4.69, 9.17) is 16.3 Å². The Kier molecular flexibility index (Phi) is 9.39. The number of hydrogen-bond donors (Lipinski definition) is 1. The smallest absolute Gasteiger partial charge is 0.307 e. The molecule has 0 fully saturated rings. The number of carboxylic acid groups (broad SMARTS) is 1. The summed E-state index contributed by atoms with van der Waals surface area (Å²) in [5, 5.41) is 9.98. The van der Waals surface area contributed by atoms with Crippen molar-refractivity contribution in [2.45, 2.75) is 37.1 Å². The van der Waals surface area contributed by atoms with Crippen molar-refractivity contribution in [3.63, 3.8) is 0 Å². The molecule has 208 valence electrons. The van der Waals surface area contributed by atoms with E-state index in [1.54, 1.807) is 49.5 Å². The summed E-state index contributed by atoms with van der Waals surface area (Å²) < 4.78 is 33.2. The van der Waals surface area contributed by atoms with Crippen molar-refractivity contribution in [3.8, 4) is 11.5 Å². The molecule has 0 amide bonds. The highest BCUT2D eigenvalue weighted by atomic mass is 35.5. The number of ether oxygens (including phenoxy) is 1. The van der Waals surface area contributed by atoms with Crippen molar-refractivity contribution < 1.29 is 27.9 Å². The Morgan fingerprint density at radius 3 is 2.33 bits per heavy atom. The Morgan fingerprint density at radius 2 is 1.68 bits per heavy atom. The van der Waals surface area contributed by atoms with Gasteiger partial charge in [-0.15, -0.1) is 0 Å². The predicted molar refractivity (Wildman–Crippen MR) is 152 cm³/mol. The van der Waals surface area contributed by atoms with Gasteiger partial charge in [-0.05, 0) is 78.4 Å². The van der Waals surface area contributed by atoms with Crippen molar-refractivity contribution in [2.75, 3.05) is 5.75 Å². The summed E-state index contributed by atoms with van der Waals surface area (Å²) in [6.45, 7) is 0. The molecule has 0 radical (unpaired) electrons. The molecule has 10 heteroatoms. The average Bonchev–Trinajstić information content (AvgIpc) is 3.37. The summed E-state index contributed by atoms with van der Waals surface area (Å²) in [4.78, 5) is 27.8. The van der Waals surface area contributed by atoms with Crippen molar-refractivity contribution in [1.29, 1.82) is 0 Å².